The molecule has 1 fully saturated rings. The summed E-state index contributed by atoms with van der Waals surface area (Å²) in [5, 5.41) is 3.25. The number of aryl methyl sites for hydroxylation is 1. The Morgan fingerprint density at radius 3 is 2.13 bits per heavy atom. The Kier molecular flexibility index (Phi) is 13.2. The molecule has 0 unspecified atom stereocenters. The van der Waals surface area contributed by atoms with Gasteiger partial charge in [-0.25, -0.2) is 8.42 Å². The molecule has 0 radical (unpaired) electrons. The van der Waals surface area contributed by atoms with Gasteiger partial charge in [0, 0.05) is 25.1 Å². The summed E-state index contributed by atoms with van der Waals surface area (Å²) in [5.41, 5.74) is 3.01. The van der Waals surface area contributed by atoms with E-state index < -0.39 is 28.5 Å². The Bertz CT molecular complexity index is 1880. The van der Waals surface area contributed by atoms with E-state index in [1.54, 1.807) is 24.3 Å². The van der Waals surface area contributed by atoms with E-state index >= 15 is 0 Å². The molecule has 10 nitrogen and oxygen atoms in total. The fourth-order valence-electron chi connectivity index (χ4n) is 6.50. The summed E-state index contributed by atoms with van der Waals surface area (Å²) in [4.78, 5) is 30.6. The number of benzene rings is 4. The zero-order valence-electron chi connectivity index (χ0n) is 30.4. The summed E-state index contributed by atoms with van der Waals surface area (Å²) >= 11 is 0. The van der Waals surface area contributed by atoms with Crippen LogP contribution >= 0.6 is 0 Å². The first-order chi connectivity index (χ1) is 25.1. The van der Waals surface area contributed by atoms with E-state index in [2.05, 4.69) is 5.32 Å². The molecule has 0 aromatic heterocycles. The van der Waals surface area contributed by atoms with Crippen LogP contribution in [0.1, 0.15) is 55.7 Å². The van der Waals surface area contributed by atoms with Gasteiger partial charge in [-0.3, -0.25) is 13.9 Å². The van der Waals surface area contributed by atoms with Crippen LogP contribution in [0.15, 0.2) is 102 Å². The Hall–Kier alpha value is -5.03. The van der Waals surface area contributed by atoms with Gasteiger partial charge >= 0.3 is 0 Å². The van der Waals surface area contributed by atoms with E-state index in [0.29, 0.717) is 18.1 Å². The Morgan fingerprint density at radius 2 is 1.50 bits per heavy atom. The van der Waals surface area contributed by atoms with Gasteiger partial charge in [-0.05, 0) is 74.2 Å². The van der Waals surface area contributed by atoms with Crippen LogP contribution in [0.5, 0.6) is 17.2 Å². The van der Waals surface area contributed by atoms with Crippen LogP contribution in [-0.2, 0) is 32.6 Å². The molecule has 1 saturated carbocycles. The lowest BCUT2D eigenvalue weighted by atomic mass is 9.94. The van der Waals surface area contributed by atoms with Crippen LogP contribution in [0, 0.1) is 6.92 Å². The first-order valence-electron chi connectivity index (χ1n) is 17.8. The number of carbonyl (C=O) groups excluding carboxylic acids is 2. The zero-order valence-corrected chi connectivity index (χ0v) is 31.2. The second kappa shape index (κ2) is 17.9. The molecular formula is C41H49N3O7S. The van der Waals surface area contributed by atoms with Crippen molar-refractivity contribution >= 4 is 27.5 Å². The molecule has 1 atom stereocenters. The van der Waals surface area contributed by atoms with Gasteiger partial charge in [0.15, 0.2) is 11.5 Å². The summed E-state index contributed by atoms with van der Waals surface area (Å²) in [6.45, 7) is 3.81. The number of methoxy groups -OCH3 is 2. The molecule has 1 aliphatic carbocycles. The number of hydrogen-bond donors (Lipinski definition) is 1. The van der Waals surface area contributed by atoms with Crippen molar-refractivity contribution in [2.75, 3.05) is 31.7 Å². The number of carbonyl (C=O) groups is 2. The summed E-state index contributed by atoms with van der Waals surface area (Å²) < 4.78 is 46.6. The number of rotatable bonds is 16. The average Bonchev–Trinajstić information content (AvgIpc) is 3.16. The predicted molar refractivity (Wildman–Crippen MR) is 202 cm³/mol. The van der Waals surface area contributed by atoms with Crippen molar-refractivity contribution < 1.29 is 32.2 Å². The number of nitrogens with zero attached hydrogens (tertiary/aromatic N) is 2. The van der Waals surface area contributed by atoms with Crippen LogP contribution in [0.3, 0.4) is 0 Å². The predicted octanol–water partition coefficient (Wildman–Crippen LogP) is 6.70. The quantitative estimate of drug-likeness (QED) is 0.137. The molecule has 1 N–H and O–H groups in total. The van der Waals surface area contributed by atoms with Gasteiger partial charge in [0.05, 0.1) is 31.4 Å². The molecule has 11 heteroatoms. The molecule has 0 aliphatic heterocycles. The highest BCUT2D eigenvalue weighted by Crippen LogP contribution is 2.33. The Balaban J connectivity index is 1.58. The third-order valence-corrected chi connectivity index (χ3v) is 11.1. The minimum atomic E-state index is -4.36. The minimum absolute atomic E-state index is 0.0154. The monoisotopic (exact) mass is 727 g/mol. The molecule has 0 bridgehead atoms. The van der Waals surface area contributed by atoms with E-state index in [0.717, 1.165) is 53.1 Å². The summed E-state index contributed by atoms with van der Waals surface area (Å²) in [6.07, 6.45) is 5.21. The summed E-state index contributed by atoms with van der Waals surface area (Å²) in [5.74, 6) is 0.362. The molecule has 4 aromatic carbocycles. The molecule has 0 heterocycles. The SMILES string of the molecule is CCOc1ccc(N(CC(=O)N(Cc2ccc(C)cc2)[C@H](Cc2ccccc2)C(=O)NC2CCCCC2)S(=O)(=O)c2ccc(OC)c(OC)c2)cc1. The maximum atomic E-state index is 14.9. The average molecular weight is 728 g/mol. The standard InChI is InChI=1S/C41H49N3O7S/c1-5-51-35-22-20-34(21-23-35)44(52(47,48)36-24-25-38(49-3)39(27-36)50-4)29-40(45)43(28-32-18-16-30(2)17-19-32)37(26-31-12-8-6-9-13-31)41(46)42-33-14-10-7-11-15-33/h6,8-9,12-13,16-25,27,33,37H,5,7,10-11,14-15,26,28-29H2,1-4H3,(H,42,46)/t37-/m1/s1. The normalized spacial score (nSPS) is 13.8. The molecule has 4 aromatic rings. The van der Waals surface area contributed by atoms with Crippen LogP contribution in [-0.4, -0.2) is 64.6 Å². The number of anilines is 1. The van der Waals surface area contributed by atoms with Gasteiger partial charge in [-0.15, -0.1) is 0 Å². The van der Waals surface area contributed by atoms with Gasteiger partial charge in [0.2, 0.25) is 11.8 Å². The van der Waals surface area contributed by atoms with E-state index in [9.17, 15) is 18.0 Å². The van der Waals surface area contributed by atoms with Crippen molar-refractivity contribution in [2.45, 2.75) is 75.9 Å². The smallest absolute Gasteiger partial charge is 0.264 e. The number of hydrogen-bond acceptors (Lipinski definition) is 7. The van der Waals surface area contributed by atoms with Crippen LogP contribution in [0.25, 0.3) is 0 Å². The van der Waals surface area contributed by atoms with Crippen LogP contribution < -0.4 is 23.8 Å². The van der Waals surface area contributed by atoms with Crippen molar-refractivity contribution in [1.82, 2.24) is 10.2 Å². The fraction of sp³-hybridized carbons (Fsp3) is 0.366. The number of sulfonamides is 1. The molecular weight excluding hydrogens is 679 g/mol. The first kappa shape index (κ1) is 38.2. The van der Waals surface area contributed by atoms with Crippen molar-refractivity contribution in [3.63, 3.8) is 0 Å². The molecule has 0 spiro atoms. The fourth-order valence-corrected chi connectivity index (χ4v) is 7.93. The van der Waals surface area contributed by atoms with Gasteiger partial charge in [-0.2, -0.15) is 0 Å². The largest absolute Gasteiger partial charge is 0.494 e. The van der Waals surface area contributed by atoms with Gasteiger partial charge in [-0.1, -0.05) is 79.4 Å². The maximum absolute atomic E-state index is 14.9. The van der Waals surface area contributed by atoms with Gasteiger partial charge in [0.1, 0.15) is 18.3 Å². The zero-order chi connectivity index (χ0) is 37.1. The second-order valence-electron chi connectivity index (χ2n) is 13.0. The molecule has 2 amide bonds. The maximum Gasteiger partial charge on any atom is 0.264 e. The summed E-state index contributed by atoms with van der Waals surface area (Å²) in [6, 6.07) is 27.3. The number of ether oxygens (including phenoxy) is 3. The summed E-state index contributed by atoms with van der Waals surface area (Å²) in [7, 11) is -1.47. The molecule has 52 heavy (non-hydrogen) atoms. The lowest BCUT2D eigenvalue weighted by Gasteiger charge is -2.35. The molecule has 5 rings (SSSR count). The van der Waals surface area contributed by atoms with Crippen LogP contribution in [0.4, 0.5) is 5.69 Å². The highest BCUT2D eigenvalue weighted by molar-refractivity contribution is 7.92. The molecule has 276 valence electrons. The van der Waals surface area contributed by atoms with Crippen molar-refractivity contribution in [3.8, 4) is 17.2 Å². The van der Waals surface area contributed by atoms with E-state index in [1.807, 2.05) is 68.4 Å². The third kappa shape index (κ3) is 9.64. The van der Waals surface area contributed by atoms with Gasteiger partial charge < -0.3 is 24.4 Å². The lowest BCUT2D eigenvalue weighted by Crippen LogP contribution is -2.55. The van der Waals surface area contributed by atoms with Gasteiger partial charge in [0.25, 0.3) is 10.0 Å². The second-order valence-corrected chi connectivity index (χ2v) is 14.9. The van der Waals surface area contributed by atoms with E-state index in [1.165, 1.54) is 37.3 Å². The van der Waals surface area contributed by atoms with Crippen molar-refractivity contribution in [1.29, 1.82) is 0 Å². The number of amides is 2. The van der Waals surface area contributed by atoms with Crippen LogP contribution in [0.2, 0.25) is 0 Å². The lowest BCUT2D eigenvalue weighted by molar-refractivity contribution is -0.140. The Morgan fingerprint density at radius 1 is 0.827 bits per heavy atom. The topological polar surface area (TPSA) is 114 Å². The molecule has 0 saturated heterocycles. The van der Waals surface area contributed by atoms with E-state index in [-0.39, 0.29) is 41.2 Å². The molecule has 1 aliphatic rings. The first-order valence-corrected chi connectivity index (χ1v) is 19.2. The third-order valence-electron chi connectivity index (χ3n) is 9.35. The number of nitrogens with one attached hydrogen (secondary N) is 1. The van der Waals surface area contributed by atoms with Crippen molar-refractivity contribution in [3.05, 3.63) is 114 Å². The minimum Gasteiger partial charge on any atom is -0.494 e. The van der Waals surface area contributed by atoms with E-state index in [4.69, 9.17) is 14.2 Å². The Labute approximate surface area is 307 Å². The van der Waals surface area contributed by atoms with Crippen molar-refractivity contribution in [2.24, 2.45) is 0 Å². The highest BCUT2D eigenvalue weighted by atomic mass is 32.2. The highest BCUT2D eigenvalue weighted by Gasteiger charge is 2.36.